The lowest BCUT2D eigenvalue weighted by Gasteiger charge is -2.01. The predicted octanol–water partition coefficient (Wildman–Crippen LogP) is 3.08. The van der Waals surface area contributed by atoms with Crippen molar-refractivity contribution in [1.29, 1.82) is 0 Å². The second-order valence-electron chi connectivity index (χ2n) is 3.66. The van der Waals surface area contributed by atoms with Crippen LogP contribution in [0.4, 0.5) is 0 Å². The summed E-state index contributed by atoms with van der Waals surface area (Å²) in [6.45, 7) is 2.18. The molecule has 0 aliphatic heterocycles. The average molecular weight is 213 g/mol. The summed E-state index contributed by atoms with van der Waals surface area (Å²) >= 11 is 0. The lowest BCUT2D eigenvalue weighted by atomic mass is 10.1. The van der Waals surface area contributed by atoms with E-state index in [1.54, 1.807) is 12.7 Å². The van der Waals surface area contributed by atoms with Crippen LogP contribution >= 0.6 is 0 Å². The molecule has 0 fully saturated rings. The Morgan fingerprint density at radius 2 is 2.06 bits per heavy atom. The molecule has 3 heteroatoms. The summed E-state index contributed by atoms with van der Waals surface area (Å²) in [4.78, 5) is 0. The highest BCUT2D eigenvalue weighted by Gasteiger charge is 1.95. The van der Waals surface area contributed by atoms with Crippen molar-refractivity contribution in [3.8, 4) is 5.69 Å². The molecular weight excluding hydrogens is 198 g/mol. The Balaban J connectivity index is 2.20. The van der Waals surface area contributed by atoms with Gasteiger partial charge in [-0.1, -0.05) is 37.6 Å². The zero-order valence-electron chi connectivity index (χ0n) is 9.37. The number of hydrogen-bond donors (Lipinski definition) is 0. The maximum atomic E-state index is 3.80. The van der Waals surface area contributed by atoms with Gasteiger partial charge in [-0.2, -0.15) is 0 Å². The predicted molar refractivity (Wildman–Crippen MR) is 65.3 cm³/mol. The molecule has 0 bridgehead atoms. The van der Waals surface area contributed by atoms with Crippen LogP contribution in [0, 0.1) is 0 Å². The van der Waals surface area contributed by atoms with E-state index >= 15 is 0 Å². The molecule has 0 unspecified atom stereocenters. The fourth-order valence-electron chi connectivity index (χ4n) is 1.51. The lowest BCUT2D eigenvalue weighted by Crippen LogP contribution is -1.89. The maximum absolute atomic E-state index is 3.80. The first kappa shape index (κ1) is 10.6. The zero-order valence-corrected chi connectivity index (χ0v) is 9.37. The summed E-state index contributed by atoms with van der Waals surface area (Å²) in [6, 6.07) is 8.30. The van der Waals surface area contributed by atoms with Crippen molar-refractivity contribution in [3.63, 3.8) is 0 Å². The topological polar surface area (TPSA) is 30.7 Å². The minimum absolute atomic E-state index is 1.09. The van der Waals surface area contributed by atoms with E-state index in [4.69, 9.17) is 0 Å². The second kappa shape index (κ2) is 5.26. The van der Waals surface area contributed by atoms with Crippen molar-refractivity contribution < 1.29 is 0 Å². The smallest absolute Gasteiger partial charge is 0.123 e. The summed E-state index contributed by atoms with van der Waals surface area (Å²) in [5.74, 6) is 0. The van der Waals surface area contributed by atoms with E-state index in [1.165, 1.54) is 12.0 Å². The molecule has 0 aliphatic rings. The summed E-state index contributed by atoms with van der Waals surface area (Å²) in [5, 5.41) is 7.60. The molecule has 1 aromatic heterocycles. The van der Waals surface area contributed by atoms with Gasteiger partial charge in [-0.15, -0.1) is 10.2 Å². The van der Waals surface area contributed by atoms with Crippen molar-refractivity contribution in [2.45, 2.75) is 19.8 Å². The average Bonchev–Trinajstić information content (AvgIpc) is 2.83. The summed E-state index contributed by atoms with van der Waals surface area (Å²) in [5.41, 5.74) is 2.29. The zero-order chi connectivity index (χ0) is 11.2. The van der Waals surface area contributed by atoms with Gasteiger partial charge in [0.15, 0.2) is 0 Å². The molecule has 0 saturated carbocycles. The molecule has 0 aliphatic carbocycles. The van der Waals surface area contributed by atoms with E-state index in [-0.39, 0.29) is 0 Å². The first-order valence-electron chi connectivity index (χ1n) is 5.52. The monoisotopic (exact) mass is 213 g/mol. The number of allylic oxidation sites excluding steroid dienone is 1. The Bertz CT molecular complexity index is 458. The third kappa shape index (κ3) is 2.57. The molecule has 2 rings (SSSR count). The number of unbranched alkanes of at least 4 members (excludes halogenated alkanes) is 1. The van der Waals surface area contributed by atoms with Gasteiger partial charge >= 0.3 is 0 Å². The minimum atomic E-state index is 1.09. The van der Waals surface area contributed by atoms with Crippen LogP contribution in [0.25, 0.3) is 11.8 Å². The van der Waals surface area contributed by atoms with Crippen molar-refractivity contribution >= 4 is 6.08 Å². The van der Waals surface area contributed by atoms with E-state index in [9.17, 15) is 0 Å². The molecular formula is C13H15N3. The molecule has 3 nitrogen and oxygen atoms in total. The SMILES string of the molecule is CCCC=Cc1cccc(-n2cnnc2)c1. The highest BCUT2D eigenvalue weighted by Crippen LogP contribution is 2.11. The van der Waals surface area contributed by atoms with Crippen molar-refractivity contribution in [2.75, 3.05) is 0 Å². The molecule has 1 heterocycles. The molecule has 0 saturated heterocycles. The van der Waals surface area contributed by atoms with Crippen LogP contribution in [0.2, 0.25) is 0 Å². The van der Waals surface area contributed by atoms with Gasteiger partial charge in [-0.25, -0.2) is 0 Å². The van der Waals surface area contributed by atoms with Gasteiger partial charge in [0, 0.05) is 5.69 Å². The molecule has 0 spiro atoms. The molecule has 2 aromatic rings. The molecule has 0 amide bonds. The Kier molecular flexibility index (Phi) is 3.49. The van der Waals surface area contributed by atoms with Gasteiger partial charge in [0.05, 0.1) is 0 Å². The quantitative estimate of drug-likeness (QED) is 0.781. The van der Waals surface area contributed by atoms with Crippen LogP contribution in [0.5, 0.6) is 0 Å². The van der Waals surface area contributed by atoms with Crippen LogP contribution < -0.4 is 0 Å². The van der Waals surface area contributed by atoms with Gasteiger partial charge in [-0.3, -0.25) is 4.57 Å². The van der Waals surface area contributed by atoms with E-state index in [1.807, 2.05) is 16.7 Å². The molecule has 0 atom stereocenters. The normalized spacial score (nSPS) is 11.1. The lowest BCUT2D eigenvalue weighted by molar-refractivity contribution is 0.962. The molecule has 82 valence electrons. The highest BCUT2D eigenvalue weighted by atomic mass is 15.2. The summed E-state index contributed by atoms with van der Waals surface area (Å²) in [7, 11) is 0. The second-order valence-corrected chi connectivity index (χ2v) is 3.66. The Morgan fingerprint density at radius 3 is 2.81 bits per heavy atom. The van der Waals surface area contributed by atoms with Crippen LogP contribution in [0.1, 0.15) is 25.3 Å². The van der Waals surface area contributed by atoms with Crippen LogP contribution in [0.15, 0.2) is 43.0 Å². The van der Waals surface area contributed by atoms with E-state index in [2.05, 4.69) is 41.4 Å². The third-order valence-corrected chi connectivity index (χ3v) is 2.35. The van der Waals surface area contributed by atoms with Gasteiger partial charge in [0.25, 0.3) is 0 Å². The first-order chi connectivity index (χ1) is 7.90. The Hall–Kier alpha value is -1.90. The Labute approximate surface area is 95.5 Å². The number of rotatable bonds is 4. The van der Waals surface area contributed by atoms with Gasteiger partial charge in [0.2, 0.25) is 0 Å². The fourth-order valence-corrected chi connectivity index (χ4v) is 1.51. The number of hydrogen-bond acceptors (Lipinski definition) is 2. The number of aromatic nitrogens is 3. The van der Waals surface area contributed by atoms with Crippen LogP contribution in [0.3, 0.4) is 0 Å². The van der Waals surface area contributed by atoms with Gasteiger partial charge in [0.1, 0.15) is 12.7 Å². The molecule has 16 heavy (non-hydrogen) atoms. The van der Waals surface area contributed by atoms with Crippen molar-refractivity contribution in [2.24, 2.45) is 0 Å². The van der Waals surface area contributed by atoms with Crippen LogP contribution in [-0.2, 0) is 0 Å². The fraction of sp³-hybridized carbons (Fsp3) is 0.231. The van der Waals surface area contributed by atoms with Gasteiger partial charge < -0.3 is 0 Å². The number of benzene rings is 1. The third-order valence-electron chi connectivity index (χ3n) is 2.35. The Morgan fingerprint density at radius 1 is 1.25 bits per heavy atom. The maximum Gasteiger partial charge on any atom is 0.123 e. The van der Waals surface area contributed by atoms with Crippen molar-refractivity contribution in [3.05, 3.63) is 48.6 Å². The summed E-state index contributed by atoms with van der Waals surface area (Å²) < 4.78 is 1.90. The minimum Gasteiger partial charge on any atom is -0.288 e. The molecule has 0 N–H and O–H groups in total. The van der Waals surface area contributed by atoms with E-state index < -0.39 is 0 Å². The standard InChI is InChI=1S/C13H15N3/c1-2-3-4-6-12-7-5-8-13(9-12)16-10-14-15-11-16/h4-11H,2-3H2,1H3. The molecule has 0 radical (unpaired) electrons. The molecule has 1 aromatic carbocycles. The van der Waals surface area contributed by atoms with E-state index in [0.717, 1.165) is 12.1 Å². The highest BCUT2D eigenvalue weighted by molar-refractivity contribution is 5.53. The summed E-state index contributed by atoms with van der Waals surface area (Å²) in [6.07, 6.45) is 10.1. The van der Waals surface area contributed by atoms with Gasteiger partial charge in [-0.05, 0) is 24.1 Å². The van der Waals surface area contributed by atoms with Crippen molar-refractivity contribution in [1.82, 2.24) is 14.8 Å². The largest absolute Gasteiger partial charge is 0.288 e. The van der Waals surface area contributed by atoms with E-state index in [0.29, 0.717) is 0 Å². The number of nitrogens with zero attached hydrogens (tertiary/aromatic N) is 3. The van der Waals surface area contributed by atoms with Crippen LogP contribution in [-0.4, -0.2) is 14.8 Å². The first-order valence-corrected chi connectivity index (χ1v) is 5.52.